The number of thioether (sulfide) groups is 1. The quantitative estimate of drug-likeness (QED) is 0.837. The maximum atomic E-state index is 3.76. The van der Waals surface area contributed by atoms with Crippen molar-refractivity contribution in [1.82, 2.24) is 10.2 Å². The highest BCUT2D eigenvalue weighted by Gasteiger charge is 2.32. The van der Waals surface area contributed by atoms with Crippen LogP contribution >= 0.6 is 11.8 Å². The molecule has 1 saturated carbocycles. The van der Waals surface area contributed by atoms with E-state index in [0.29, 0.717) is 11.5 Å². The lowest BCUT2D eigenvalue weighted by Gasteiger charge is -2.39. The van der Waals surface area contributed by atoms with Crippen LogP contribution in [0.25, 0.3) is 0 Å². The van der Waals surface area contributed by atoms with Crippen molar-refractivity contribution in [1.29, 1.82) is 0 Å². The Morgan fingerprint density at radius 1 is 1.11 bits per heavy atom. The van der Waals surface area contributed by atoms with E-state index in [-0.39, 0.29) is 0 Å². The summed E-state index contributed by atoms with van der Waals surface area (Å²) >= 11 is 2.07. The number of nitrogens with zero attached hydrogens (tertiary/aromatic N) is 1. The first kappa shape index (κ1) is 15.7. The molecule has 1 aliphatic carbocycles. The highest BCUT2D eigenvalue weighted by molar-refractivity contribution is 7.99. The maximum absolute atomic E-state index is 3.76. The van der Waals surface area contributed by atoms with Gasteiger partial charge in [0.15, 0.2) is 0 Å². The molecule has 1 saturated heterocycles. The second-order valence-electron chi connectivity index (χ2n) is 7.39. The molecule has 0 aromatic rings. The van der Waals surface area contributed by atoms with Gasteiger partial charge in [0, 0.05) is 23.9 Å². The van der Waals surface area contributed by atoms with Crippen LogP contribution < -0.4 is 5.32 Å². The molecule has 19 heavy (non-hydrogen) atoms. The summed E-state index contributed by atoms with van der Waals surface area (Å²) in [5, 5.41) is 4.70. The van der Waals surface area contributed by atoms with Gasteiger partial charge >= 0.3 is 0 Å². The van der Waals surface area contributed by atoms with Crippen LogP contribution in [0.2, 0.25) is 0 Å². The molecular formula is C16H32N2S. The lowest BCUT2D eigenvalue weighted by molar-refractivity contribution is 0.128. The van der Waals surface area contributed by atoms with E-state index in [1.807, 2.05) is 0 Å². The molecule has 2 nitrogen and oxygen atoms in total. The monoisotopic (exact) mass is 284 g/mol. The molecule has 1 heterocycles. The minimum absolute atomic E-state index is 0.374. The van der Waals surface area contributed by atoms with Crippen molar-refractivity contribution in [2.24, 2.45) is 5.41 Å². The molecule has 1 unspecified atom stereocenters. The highest BCUT2D eigenvalue weighted by Crippen LogP contribution is 2.31. The number of rotatable bonds is 2. The van der Waals surface area contributed by atoms with Crippen molar-refractivity contribution in [3.8, 4) is 0 Å². The summed E-state index contributed by atoms with van der Waals surface area (Å²) in [5.74, 6) is 0. The second-order valence-corrected chi connectivity index (χ2v) is 8.53. The SMILES string of the molecule is CSC1CCC(N2CCCNC(C(C)(C)C)C2)CC1. The Labute approximate surface area is 124 Å². The summed E-state index contributed by atoms with van der Waals surface area (Å²) in [6.45, 7) is 10.9. The molecule has 2 aliphatic rings. The molecule has 0 aromatic heterocycles. The Bertz CT molecular complexity index is 266. The fraction of sp³-hybridized carbons (Fsp3) is 1.00. The fourth-order valence-corrected chi connectivity index (χ4v) is 4.25. The van der Waals surface area contributed by atoms with Crippen LogP contribution in [0.5, 0.6) is 0 Å². The Morgan fingerprint density at radius 2 is 1.79 bits per heavy atom. The molecule has 0 radical (unpaired) electrons. The normalized spacial score (nSPS) is 35.1. The summed E-state index contributed by atoms with van der Waals surface area (Å²) in [6.07, 6.45) is 9.28. The first-order valence-corrected chi connectivity index (χ1v) is 9.29. The van der Waals surface area contributed by atoms with E-state index in [9.17, 15) is 0 Å². The molecule has 0 spiro atoms. The molecule has 2 fully saturated rings. The van der Waals surface area contributed by atoms with Crippen molar-refractivity contribution >= 4 is 11.8 Å². The average molecular weight is 285 g/mol. The van der Waals surface area contributed by atoms with Crippen LogP contribution in [0, 0.1) is 5.41 Å². The summed E-state index contributed by atoms with van der Waals surface area (Å²) in [5.41, 5.74) is 0.374. The Morgan fingerprint density at radius 3 is 2.37 bits per heavy atom. The van der Waals surface area contributed by atoms with Gasteiger partial charge < -0.3 is 5.32 Å². The number of hydrogen-bond acceptors (Lipinski definition) is 3. The molecule has 0 amide bonds. The summed E-state index contributed by atoms with van der Waals surface area (Å²) in [4.78, 5) is 2.80. The van der Waals surface area contributed by atoms with Crippen LogP contribution in [0.3, 0.4) is 0 Å². The molecule has 2 rings (SSSR count). The van der Waals surface area contributed by atoms with Crippen LogP contribution in [0.15, 0.2) is 0 Å². The maximum Gasteiger partial charge on any atom is 0.0243 e. The zero-order chi connectivity index (χ0) is 13.9. The van der Waals surface area contributed by atoms with Crippen molar-refractivity contribution in [3.63, 3.8) is 0 Å². The minimum atomic E-state index is 0.374. The van der Waals surface area contributed by atoms with E-state index in [4.69, 9.17) is 0 Å². The summed E-state index contributed by atoms with van der Waals surface area (Å²) in [7, 11) is 0. The predicted octanol–water partition coefficient (Wildman–Crippen LogP) is 3.37. The lowest BCUT2D eigenvalue weighted by atomic mass is 9.85. The summed E-state index contributed by atoms with van der Waals surface area (Å²) < 4.78 is 0. The Hall–Kier alpha value is 0.270. The zero-order valence-corrected chi connectivity index (χ0v) is 14.1. The molecule has 112 valence electrons. The summed E-state index contributed by atoms with van der Waals surface area (Å²) in [6, 6.07) is 1.50. The predicted molar refractivity (Wildman–Crippen MR) is 87.0 cm³/mol. The number of nitrogens with one attached hydrogen (secondary N) is 1. The van der Waals surface area contributed by atoms with Crippen LogP contribution in [0.4, 0.5) is 0 Å². The van der Waals surface area contributed by atoms with E-state index in [1.54, 1.807) is 0 Å². The topological polar surface area (TPSA) is 15.3 Å². The first-order valence-electron chi connectivity index (χ1n) is 8.01. The van der Waals surface area contributed by atoms with Crippen molar-refractivity contribution in [2.45, 2.75) is 70.2 Å². The van der Waals surface area contributed by atoms with Gasteiger partial charge in [-0.15, -0.1) is 0 Å². The van der Waals surface area contributed by atoms with E-state index in [2.05, 4.69) is 49.0 Å². The van der Waals surface area contributed by atoms with Crippen LogP contribution in [-0.4, -0.2) is 48.1 Å². The van der Waals surface area contributed by atoms with Gasteiger partial charge in [0.1, 0.15) is 0 Å². The Balaban J connectivity index is 1.92. The van der Waals surface area contributed by atoms with Gasteiger partial charge in [-0.3, -0.25) is 4.90 Å². The van der Waals surface area contributed by atoms with Gasteiger partial charge in [-0.25, -0.2) is 0 Å². The second kappa shape index (κ2) is 6.82. The van der Waals surface area contributed by atoms with Gasteiger partial charge in [0.2, 0.25) is 0 Å². The molecular weight excluding hydrogens is 252 g/mol. The largest absolute Gasteiger partial charge is 0.312 e. The zero-order valence-electron chi connectivity index (χ0n) is 13.2. The highest BCUT2D eigenvalue weighted by atomic mass is 32.2. The van der Waals surface area contributed by atoms with E-state index in [0.717, 1.165) is 11.3 Å². The smallest absolute Gasteiger partial charge is 0.0243 e. The minimum Gasteiger partial charge on any atom is -0.312 e. The van der Waals surface area contributed by atoms with Gasteiger partial charge in [-0.2, -0.15) is 11.8 Å². The van der Waals surface area contributed by atoms with Gasteiger partial charge in [0.25, 0.3) is 0 Å². The third kappa shape index (κ3) is 4.37. The van der Waals surface area contributed by atoms with Crippen molar-refractivity contribution in [3.05, 3.63) is 0 Å². The first-order chi connectivity index (χ1) is 9.00. The standard InChI is InChI=1S/C16H32N2S/c1-16(2,3)15-12-18(11-5-10-17-15)13-6-8-14(19-4)9-7-13/h13-15,17H,5-12H2,1-4H3. The fourth-order valence-electron chi connectivity index (χ4n) is 3.51. The van der Waals surface area contributed by atoms with E-state index < -0.39 is 0 Å². The Kier molecular flexibility index (Phi) is 5.62. The van der Waals surface area contributed by atoms with Crippen LogP contribution in [-0.2, 0) is 0 Å². The molecule has 3 heteroatoms. The van der Waals surface area contributed by atoms with Gasteiger partial charge in [-0.05, 0) is 56.9 Å². The number of hydrogen-bond donors (Lipinski definition) is 1. The van der Waals surface area contributed by atoms with E-state index >= 15 is 0 Å². The van der Waals surface area contributed by atoms with Crippen molar-refractivity contribution < 1.29 is 0 Å². The van der Waals surface area contributed by atoms with E-state index in [1.165, 1.54) is 51.7 Å². The molecule has 1 N–H and O–H groups in total. The molecule has 0 aromatic carbocycles. The third-order valence-corrected chi connectivity index (χ3v) is 6.11. The third-order valence-electron chi connectivity index (χ3n) is 4.97. The van der Waals surface area contributed by atoms with Crippen LogP contribution in [0.1, 0.15) is 52.9 Å². The van der Waals surface area contributed by atoms with Gasteiger partial charge in [-0.1, -0.05) is 20.8 Å². The molecule has 1 atom stereocenters. The molecule has 0 bridgehead atoms. The lowest BCUT2D eigenvalue weighted by Crippen LogP contribution is -2.49. The van der Waals surface area contributed by atoms with Gasteiger partial charge in [0.05, 0.1) is 0 Å². The van der Waals surface area contributed by atoms with Crippen molar-refractivity contribution in [2.75, 3.05) is 25.9 Å². The molecule has 1 aliphatic heterocycles. The average Bonchev–Trinajstić information content (AvgIpc) is 2.64.